The monoisotopic (exact) mass is 482 g/mol. The number of carbonyl (C=O) groups is 1. The van der Waals surface area contributed by atoms with Crippen molar-refractivity contribution in [2.24, 2.45) is 5.92 Å². The van der Waals surface area contributed by atoms with Gasteiger partial charge in [-0.05, 0) is 48.2 Å². The molecule has 0 fully saturated rings. The molecule has 0 aliphatic carbocycles. The Labute approximate surface area is 209 Å². The van der Waals surface area contributed by atoms with Crippen LogP contribution in [0.1, 0.15) is 42.0 Å². The molecule has 0 atom stereocenters. The van der Waals surface area contributed by atoms with Gasteiger partial charge in [-0.15, -0.1) is 0 Å². The molecular weight excluding hydrogens is 452 g/mol. The summed E-state index contributed by atoms with van der Waals surface area (Å²) in [6.07, 6.45) is 1.02. The first kappa shape index (κ1) is 23.6. The van der Waals surface area contributed by atoms with Crippen LogP contribution in [-0.2, 0) is 24.4 Å². The fourth-order valence-corrected chi connectivity index (χ4v) is 4.74. The lowest BCUT2D eigenvalue weighted by Crippen LogP contribution is -2.26. The molecule has 5 rings (SSSR count). The zero-order valence-electron chi connectivity index (χ0n) is 20.8. The van der Waals surface area contributed by atoms with E-state index in [-0.39, 0.29) is 12.2 Å². The number of esters is 1. The van der Waals surface area contributed by atoms with Crippen LogP contribution in [-0.4, -0.2) is 31.8 Å². The second-order valence-corrected chi connectivity index (χ2v) is 9.44. The molecule has 0 saturated heterocycles. The van der Waals surface area contributed by atoms with Crippen LogP contribution in [0.2, 0.25) is 0 Å². The number of benzene rings is 3. The van der Waals surface area contributed by atoms with E-state index < -0.39 is 5.97 Å². The Hall–Kier alpha value is -4.13. The fraction of sp³-hybridized carbons (Fsp3) is 0.276. The lowest BCUT2D eigenvalue weighted by Gasteiger charge is -2.11. The summed E-state index contributed by atoms with van der Waals surface area (Å²) in [4.78, 5) is 31.0. The minimum absolute atomic E-state index is 0.140. The summed E-state index contributed by atoms with van der Waals surface area (Å²) in [7, 11) is 1.36. The van der Waals surface area contributed by atoms with Crippen LogP contribution in [0.4, 0.5) is 0 Å². The average molecular weight is 483 g/mol. The third kappa shape index (κ3) is 4.33. The summed E-state index contributed by atoms with van der Waals surface area (Å²) >= 11 is 0. The smallest absolute Gasteiger partial charge is 0.338 e. The van der Waals surface area contributed by atoms with Gasteiger partial charge in [0.25, 0.3) is 0 Å². The highest BCUT2D eigenvalue weighted by atomic mass is 16.5. The number of imidazole rings is 2. The van der Waals surface area contributed by atoms with Gasteiger partial charge in [0.05, 0.1) is 47.8 Å². The predicted octanol–water partition coefficient (Wildman–Crippen LogP) is 5.08. The molecule has 0 saturated carbocycles. The van der Waals surface area contributed by atoms with Crippen LogP contribution in [0.15, 0.2) is 77.6 Å². The predicted molar refractivity (Wildman–Crippen MR) is 141 cm³/mol. The maximum absolute atomic E-state index is 13.8. The van der Waals surface area contributed by atoms with Crippen LogP contribution >= 0.6 is 0 Å². The van der Waals surface area contributed by atoms with Gasteiger partial charge in [-0.1, -0.05) is 56.3 Å². The topological polar surface area (TPSA) is 71.1 Å². The number of hydrogen-bond acceptors (Lipinski definition) is 4. The minimum atomic E-state index is -0.416. The van der Waals surface area contributed by atoms with Crippen molar-refractivity contribution in [2.45, 2.75) is 39.9 Å². The van der Waals surface area contributed by atoms with E-state index in [2.05, 4.69) is 24.5 Å². The molecule has 7 heteroatoms. The van der Waals surface area contributed by atoms with Gasteiger partial charge in [0.2, 0.25) is 0 Å². The van der Waals surface area contributed by atoms with Crippen molar-refractivity contribution >= 4 is 28.0 Å². The van der Waals surface area contributed by atoms with Gasteiger partial charge in [-0.2, -0.15) is 0 Å². The highest BCUT2D eigenvalue weighted by molar-refractivity contribution is 5.91. The zero-order chi connectivity index (χ0) is 25.2. The number of rotatable bonds is 8. The van der Waals surface area contributed by atoms with Gasteiger partial charge in [-0.3, -0.25) is 9.13 Å². The Bertz CT molecular complexity index is 1610. The normalized spacial score (nSPS) is 11.6. The molecule has 0 radical (unpaired) electrons. The highest BCUT2D eigenvalue weighted by Gasteiger charge is 2.19. The molecule has 3 aromatic carbocycles. The number of fused-ring (bicyclic) bond motifs is 2. The number of aryl methyl sites for hydroxylation is 1. The van der Waals surface area contributed by atoms with Crippen molar-refractivity contribution in [1.29, 1.82) is 0 Å². The van der Waals surface area contributed by atoms with Crippen molar-refractivity contribution < 1.29 is 9.53 Å². The average Bonchev–Trinajstić information content (AvgIpc) is 3.37. The largest absolute Gasteiger partial charge is 0.465 e. The zero-order valence-corrected chi connectivity index (χ0v) is 20.8. The lowest BCUT2D eigenvalue weighted by molar-refractivity contribution is 0.0599. The van der Waals surface area contributed by atoms with E-state index in [1.807, 2.05) is 54.6 Å². The molecule has 0 amide bonds. The SMILES string of the molecule is COC(=O)c1ccccc1Cn1c(=O)n(Cc2nc3ccccc3n2CCC(C)C)c2ccccc21. The van der Waals surface area contributed by atoms with Gasteiger partial charge in [0, 0.05) is 6.54 Å². The molecule has 7 nitrogen and oxygen atoms in total. The maximum Gasteiger partial charge on any atom is 0.338 e. The van der Waals surface area contributed by atoms with Gasteiger partial charge in [0.1, 0.15) is 5.82 Å². The lowest BCUT2D eigenvalue weighted by atomic mass is 10.1. The Kier molecular flexibility index (Phi) is 6.46. The molecular formula is C29H30N4O3. The van der Waals surface area contributed by atoms with Crippen molar-refractivity contribution in [3.05, 3.63) is 100 Å². The molecule has 2 heterocycles. The third-order valence-electron chi connectivity index (χ3n) is 6.64. The maximum atomic E-state index is 13.8. The first-order valence-electron chi connectivity index (χ1n) is 12.3. The number of methoxy groups -OCH3 is 1. The molecule has 0 aliphatic heterocycles. The van der Waals surface area contributed by atoms with Crippen LogP contribution in [0.3, 0.4) is 0 Å². The molecule has 0 aliphatic rings. The van der Waals surface area contributed by atoms with E-state index in [1.54, 1.807) is 21.3 Å². The molecule has 0 spiro atoms. The van der Waals surface area contributed by atoms with E-state index in [4.69, 9.17) is 9.72 Å². The number of aromatic nitrogens is 4. The van der Waals surface area contributed by atoms with Gasteiger partial charge >= 0.3 is 11.7 Å². The van der Waals surface area contributed by atoms with Gasteiger partial charge in [-0.25, -0.2) is 14.6 Å². The Morgan fingerprint density at radius 2 is 1.44 bits per heavy atom. The summed E-state index contributed by atoms with van der Waals surface area (Å²) < 4.78 is 10.7. The van der Waals surface area contributed by atoms with Crippen molar-refractivity contribution in [3.8, 4) is 0 Å². The Morgan fingerprint density at radius 3 is 2.14 bits per heavy atom. The molecule has 5 aromatic rings. The Balaban J connectivity index is 1.61. The Morgan fingerprint density at radius 1 is 0.833 bits per heavy atom. The van der Waals surface area contributed by atoms with E-state index >= 15 is 0 Å². The third-order valence-corrected chi connectivity index (χ3v) is 6.64. The van der Waals surface area contributed by atoms with Crippen molar-refractivity contribution in [2.75, 3.05) is 7.11 Å². The summed E-state index contributed by atoms with van der Waals surface area (Å²) in [5.41, 5.74) is 4.71. The first-order chi connectivity index (χ1) is 17.5. The van der Waals surface area contributed by atoms with E-state index in [1.165, 1.54) is 7.11 Å². The van der Waals surface area contributed by atoms with E-state index in [9.17, 15) is 9.59 Å². The summed E-state index contributed by atoms with van der Waals surface area (Å²) in [6, 6.07) is 23.1. The molecule has 0 bridgehead atoms. The molecule has 0 N–H and O–H groups in total. The van der Waals surface area contributed by atoms with Gasteiger partial charge in [0.15, 0.2) is 0 Å². The number of hydrogen-bond donors (Lipinski definition) is 0. The van der Waals surface area contributed by atoms with Crippen LogP contribution in [0.25, 0.3) is 22.1 Å². The van der Waals surface area contributed by atoms with E-state index in [0.717, 1.165) is 46.4 Å². The fourth-order valence-electron chi connectivity index (χ4n) is 4.74. The highest BCUT2D eigenvalue weighted by Crippen LogP contribution is 2.21. The standard InChI is InChI=1S/C29H30N4O3/c1-20(2)16-17-31-24-13-7-6-12-23(24)30-27(31)19-33-26-15-9-8-14-25(26)32(29(33)35)18-21-10-4-5-11-22(21)28(34)36-3/h4-15,20H,16-19H2,1-3H3. The minimum Gasteiger partial charge on any atom is -0.465 e. The first-order valence-corrected chi connectivity index (χ1v) is 12.3. The molecule has 2 aromatic heterocycles. The number of para-hydroxylation sites is 4. The molecule has 36 heavy (non-hydrogen) atoms. The number of ether oxygens (including phenoxy) is 1. The summed E-state index contributed by atoms with van der Waals surface area (Å²) in [5.74, 6) is 0.997. The van der Waals surface area contributed by atoms with Gasteiger partial charge < -0.3 is 9.30 Å². The van der Waals surface area contributed by atoms with Crippen LogP contribution in [0, 0.1) is 5.92 Å². The molecule has 0 unspecified atom stereocenters. The molecule has 184 valence electrons. The van der Waals surface area contributed by atoms with Crippen LogP contribution < -0.4 is 5.69 Å². The quantitative estimate of drug-likeness (QED) is 0.289. The number of nitrogens with zero attached hydrogens (tertiary/aromatic N) is 4. The summed E-state index contributed by atoms with van der Waals surface area (Å²) in [5, 5.41) is 0. The number of carbonyl (C=O) groups excluding carboxylic acids is 1. The van der Waals surface area contributed by atoms with Crippen LogP contribution in [0.5, 0.6) is 0 Å². The van der Waals surface area contributed by atoms with Crippen molar-refractivity contribution in [1.82, 2.24) is 18.7 Å². The second-order valence-electron chi connectivity index (χ2n) is 9.44. The van der Waals surface area contributed by atoms with E-state index in [0.29, 0.717) is 18.0 Å². The van der Waals surface area contributed by atoms with Crippen molar-refractivity contribution in [3.63, 3.8) is 0 Å². The second kappa shape index (κ2) is 9.85. The summed E-state index contributed by atoms with van der Waals surface area (Å²) in [6.45, 7) is 5.89.